The smallest absolute Gasteiger partial charge is 0.251 e. The van der Waals surface area contributed by atoms with Gasteiger partial charge in [0.15, 0.2) is 0 Å². The quantitative estimate of drug-likeness (QED) is 0.941. The highest BCUT2D eigenvalue weighted by molar-refractivity contribution is 5.96. The van der Waals surface area contributed by atoms with E-state index in [2.05, 4.69) is 10.4 Å². The van der Waals surface area contributed by atoms with Crippen molar-refractivity contribution in [3.05, 3.63) is 42.2 Å². The Bertz CT molecular complexity index is 693. The van der Waals surface area contributed by atoms with E-state index in [0.29, 0.717) is 31.6 Å². The summed E-state index contributed by atoms with van der Waals surface area (Å²) in [6.07, 6.45) is 4.63. The van der Waals surface area contributed by atoms with Crippen LogP contribution in [0.3, 0.4) is 0 Å². The second kappa shape index (κ2) is 6.50. The van der Waals surface area contributed by atoms with Gasteiger partial charge in [0.25, 0.3) is 5.91 Å². The van der Waals surface area contributed by atoms with Crippen molar-refractivity contribution in [1.29, 1.82) is 0 Å². The third kappa shape index (κ3) is 3.42. The van der Waals surface area contributed by atoms with Crippen LogP contribution < -0.4 is 5.32 Å². The Balaban J connectivity index is 1.79. The number of aromatic nitrogens is 2. The molecule has 1 aliphatic heterocycles. The molecule has 6 heteroatoms. The lowest BCUT2D eigenvalue weighted by Crippen LogP contribution is -2.53. The fraction of sp³-hybridized carbons (Fsp3) is 0.412. The van der Waals surface area contributed by atoms with Crippen molar-refractivity contribution in [2.75, 3.05) is 19.9 Å². The molecular formula is C17H20FN3O2. The molecule has 0 bridgehead atoms. The van der Waals surface area contributed by atoms with Crippen LogP contribution in [0.2, 0.25) is 0 Å². The Morgan fingerprint density at radius 1 is 1.39 bits per heavy atom. The molecule has 0 atom stereocenters. The summed E-state index contributed by atoms with van der Waals surface area (Å²) in [5, 5.41) is 7.01. The zero-order valence-corrected chi connectivity index (χ0v) is 13.1. The zero-order chi connectivity index (χ0) is 16.3. The van der Waals surface area contributed by atoms with Gasteiger partial charge in [-0.25, -0.2) is 4.39 Å². The van der Waals surface area contributed by atoms with Crippen LogP contribution in [0, 0.1) is 0 Å². The number of nitrogens with zero attached hydrogens (tertiary/aromatic N) is 2. The predicted octanol–water partition coefficient (Wildman–Crippen LogP) is 2.34. The highest BCUT2D eigenvalue weighted by Gasteiger charge is 2.34. The van der Waals surface area contributed by atoms with Gasteiger partial charge in [0, 0.05) is 37.6 Å². The largest absolute Gasteiger partial charge is 0.381 e. The van der Waals surface area contributed by atoms with Gasteiger partial charge >= 0.3 is 0 Å². The van der Waals surface area contributed by atoms with E-state index < -0.39 is 12.2 Å². The average Bonchev–Trinajstić information content (AvgIpc) is 3.02. The molecule has 1 fully saturated rings. The molecule has 0 spiro atoms. The number of amides is 1. The van der Waals surface area contributed by atoms with Crippen molar-refractivity contribution in [2.45, 2.75) is 18.4 Å². The molecule has 1 amide bonds. The maximum atomic E-state index is 13.5. The van der Waals surface area contributed by atoms with Crippen molar-refractivity contribution in [2.24, 2.45) is 7.05 Å². The van der Waals surface area contributed by atoms with Gasteiger partial charge in [0.05, 0.1) is 11.7 Å². The summed E-state index contributed by atoms with van der Waals surface area (Å²) in [5.41, 5.74) is 1.56. The highest BCUT2D eigenvalue weighted by Crippen LogP contribution is 2.23. The minimum absolute atomic E-state index is 0.254. The molecule has 0 radical (unpaired) electrons. The second-order valence-corrected chi connectivity index (χ2v) is 5.96. The van der Waals surface area contributed by atoms with E-state index in [-0.39, 0.29) is 5.91 Å². The van der Waals surface area contributed by atoms with E-state index in [9.17, 15) is 9.18 Å². The summed E-state index contributed by atoms with van der Waals surface area (Å²) >= 11 is 0. The molecule has 2 aromatic rings. The van der Waals surface area contributed by atoms with Crippen molar-refractivity contribution in [3.63, 3.8) is 0 Å². The van der Waals surface area contributed by atoms with Gasteiger partial charge in [-0.05, 0) is 30.5 Å². The molecule has 1 aromatic heterocycles. The van der Waals surface area contributed by atoms with Crippen LogP contribution in [0.5, 0.6) is 0 Å². The number of carbonyl (C=O) groups excluding carboxylic acids is 1. The Kier molecular flexibility index (Phi) is 4.43. The molecule has 2 heterocycles. The van der Waals surface area contributed by atoms with Crippen LogP contribution >= 0.6 is 0 Å². The van der Waals surface area contributed by atoms with Crippen molar-refractivity contribution in [1.82, 2.24) is 15.1 Å². The van der Waals surface area contributed by atoms with Gasteiger partial charge in [-0.15, -0.1) is 0 Å². The molecule has 122 valence electrons. The van der Waals surface area contributed by atoms with Gasteiger partial charge < -0.3 is 10.1 Å². The minimum Gasteiger partial charge on any atom is -0.381 e. The molecule has 5 nitrogen and oxygen atoms in total. The Labute approximate surface area is 134 Å². The van der Waals surface area contributed by atoms with Crippen LogP contribution in [0.4, 0.5) is 4.39 Å². The number of hydrogen-bond acceptors (Lipinski definition) is 3. The first-order chi connectivity index (χ1) is 11.1. The van der Waals surface area contributed by atoms with Gasteiger partial charge in [0.1, 0.15) is 6.67 Å². The van der Waals surface area contributed by atoms with Gasteiger partial charge in [-0.3, -0.25) is 9.48 Å². The van der Waals surface area contributed by atoms with E-state index in [1.165, 1.54) is 0 Å². The maximum Gasteiger partial charge on any atom is 0.251 e. The first kappa shape index (κ1) is 15.7. The maximum absolute atomic E-state index is 13.5. The molecular weight excluding hydrogens is 297 g/mol. The number of benzene rings is 1. The number of alkyl halides is 1. The standard InChI is InChI=1S/C17H20FN3O2/c1-21-11-15(10-19-21)13-3-2-4-14(9-13)16(22)20-17(12-18)5-7-23-8-6-17/h2-4,9-11H,5-8,12H2,1H3,(H,20,22). The van der Waals surface area contributed by atoms with Crippen molar-refractivity contribution in [3.8, 4) is 11.1 Å². The van der Waals surface area contributed by atoms with Crippen LogP contribution in [-0.4, -0.2) is 41.1 Å². The first-order valence-electron chi connectivity index (χ1n) is 7.67. The highest BCUT2D eigenvalue weighted by atomic mass is 19.1. The number of aryl methyl sites for hydroxylation is 1. The summed E-state index contributed by atoms with van der Waals surface area (Å²) in [4.78, 5) is 12.5. The molecule has 23 heavy (non-hydrogen) atoms. The lowest BCUT2D eigenvalue weighted by molar-refractivity contribution is 0.0266. The lowest BCUT2D eigenvalue weighted by Gasteiger charge is -2.35. The Morgan fingerprint density at radius 2 is 2.17 bits per heavy atom. The SMILES string of the molecule is Cn1cc(-c2cccc(C(=O)NC3(CF)CCOCC3)c2)cn1. The minimum atomic E-state index is -0.806. The normalized spacial score (nSPS) is 17.0. The Hall–Kier alpha value is -2.21. The third-order valence-electron chi connectivity index (χ3n) is 4.25. The molecule has 1 N–H and O–H groups in total. The summed E-state index contributed by atoms with van der Waals surface area (Å²) in [5.74, 6) is -0.254. The molecule has 0 unspecified atom stereocenters. The molecule has 0 saturated carbocycles. The topological polar surface area (TPSA) is 56.2 Å². The van der Waals surface area contributed by atoms with E-state index in [4.69, 9.17) is 4.74 Å². The lowest BCUT2D eigenvalue weighted by atomic mass is 9.91. The predicted molar refractivity (Wildman–Crippen MR) is 84.9 cm³/mol. The molecule has 3 rings (SSSR count). The van der Waals surface area contributed by atoms with Crippen molar-refractivity contribution < 1.29 is 13.9 Å². The number of ether oxygens (including phenoxy) is 1. The van der Waals surface area contributed by atoms with Crippen molar-refractivity contribution >= 4 is 5.91 Å². The summed E-state index contributed by atoms with van der Waals surface area (Å²) in [6.45, 7) is 0.365. The summed E-state index contributed by atoms with van der Waals surface area (Å²) in [6, 6.07) is 7.29. The van der Waals surface area contributed by atoms with Gasteiger partial charge in [-0.2, -0.15) is 5.10 Å². The third-order valence-corrected chi connectivity index (χ3v) is 4.25. The van der Waals surface area contributed by atoms with Gasteiger partial charge in [0.2, 0.25) is 0 Å². The zero-order valence-electron chi connectivity index (χ0n) is 13.1. The summed E-state index contributed by atoms with van der Waals surface area (Å²) in [7, 11) is 1.84. The van der Waals surface area contributed by atoms with Crippen LogP contribution in [-0.2, 0) is 11.8 Å². The fourth-order valence-electron chi connectivity index (χ4n) is 2.78. The van der Waals surface area contributed by atoms with E-state index in [1.54, 1.807) is 23.0 Å². The number of carbonyl (C=O) groups is 1. The molecule has 0 aliphatic carbocycles. The first-order valence-corrected chi connectivity index (χ1v) is 7.67. The number of hydrogen-bond donors (Lipinski definition) is 1. The fourth-order valence-corrected chi connectivity index (χ4v) is 2.78. The second-order valence-electron chi connectivity index (χ2n) is 5.96. The van der Waals surface area contributed by atoms with E-state index in [0.717, 1.165) is 11.1 Å². The molecule has 1 saturated heterocycles. The number of rotatable bonds is 4. The Morgan fingerprint density at radius 3 is 2.83 bits per heavy atom. The molecule has 1 aliphatic rings. The van der Waals surface area contributed by atoms with Crippen LogP contribution in [0.15, 0.2) is 36.7 Å². The van der Waals surface area contributed by atoms with Crippen LogP contribution in [0.25, 0.3) is 11.1 Å². The molecule has 1 aromatic carbocycles. The average molecular weight is 317 g/mol. The van der Waals surface area contributed by atoms with Crippen LogP contribution in [0.1, 0.15) is 23.2 Å². The van der Waals surface area contributed by atoms with E-state index >= 15 is 0 Å². The summed E-state index contributed by atoms with van der Waals surface area (Å²) < 4.78 is 20.5. The van der Waals surface area contributed by atoms with E-state index in [1.807, 2.05) is 25.4 Å². The van der Waals surface area contributed by atoms with Gasteiger partial charge in [-0.1, -0.05) is 12.1 Å². The monoisotopic (exact) mass is 317 g/mol. The number of halogens is 1. The number of nitrogens with one attached hydrogen (secondary N) is 1.